The van der Waals surface area contributed by atoms with Gasteiger partial charge in [-0.05, 0) is 54.5 Å². The van der Waals surface area contributed by atoms with Gasteiger partial charge in [-0.3, -0.25) is 14.9 Å². The monoisotopic (exact) mass is 555 g/mol. The molecule has 3 rings (SSSR count). The molecule has 178 valence electrons. The van der Waals surface area contributed by atoms with Crippen LogP contribution in [0, 0.1) is 21.4 Å². The lowest BCUT2D eigenvalue weighted by atomic mass is 10.1. The number of nitro groups is 1. The predicted octanol–water partition coefficient (Wildman–Crippen LogP) is 6.53. The standard InChI is InChI=1S/C25H19BrClN3O5/c1-2-34-24-12-17(5-10-23(24)35-15-16-3-6-19(26)7-4-16)11-18(14-28)25(31)29-22-13-20(30(32)33)8-9-21(22)27/h3-13H,2,15H2,1H3,(H,29,31)/b18-11+. The maximum Gasteiger partial charge on any atom is 0.271 e. The molecular weight excluding hydrogens is 538 g/mol. The van der Waals surface area contributed by atoms with Crippen LogP contribution in [0.4, 0.5) is 11.4 Å². The average Bonchev–Trinajstić information content (AvgIpc) is 2.84. The Hall–Kier alpha value is -3.87. The van der Waals surface area contributed by atoms with Crippen LogP contribution >= 0.6 is 27.5 Å². The molecule has 0 bridgehead atoms. The van der Waals surface area contributed by atoms with Gasteiger partial charge in [0.1, 0.15) is 18.2 Å². The van der Waals surface area contributed by atoms with E-state index in [0.29, 0.717) is 30.3 Å². The van der Waals surface area contributed by atoms with E-state index in [4.69, 9.17) is 21.1 Å². The summed E-state index contributed by atoms with van der Waals surface area (Å²) in [4.78, 5) is 23.0. The Morgan fingerprint density at radius 3 is 2.54 bits per heavy atom. The Morgan fingerprint density at radius 1 is 1.14 bits per heavy atom. The minimum atomic E-state index is -0.761. The van der Waals surface area contributed by atoms with E-state index < -0.39 is 10.8 Å². The van der Waals surface area contributed by atoms with Gasteiger partial charge in [0.2, 0.25) is 0 Å². The van der Waals surface area contributed by atoms with E-state index in [1.165, 1.54) is 18.2 Å². The van der Waals surface area contributed by atoms with Gasteiger partial charge >= 0.3 is 0 Å². The lowest BCUT2D eigenvalue weighted by Gasteiger charge is -2.13. The van der Waals surface area contributed by atoms with E-state index in [9.17, 15) is 20.2 Å². The number of nitrogens with one attached hydrogen (secondary N) is 1. The molecule has 0 unspecified atom stereocenters. The van der Waals surface area contributed by atoms with Crippen LogP contribution in [0.2, 0.25) is 5.02 Å². The minimum absolute atomic E-state index is 0.0266. The first-order valence-electron chi connectivity index (χ1n) is 10.3. The first-order valence-corrected chi connectivity index (χ1v) is 11.5. The predicted molar refractivity (Wildman–Crippen MR) is 136 cm³/mol. The summed E-state index contributed by atoms with van der Waals surface area (Å²) in [6, 6.07) is 18.2. The molecule has 1 N–H and O–H groups in total. The van der Waals surface area contributed by atoms with Gasteiger partial charge in [0.25, 0.3) is 11.6 Å². The number of rotatable bonds is 9. The van der Waals surface area contributed by atoms with E-state index in [0.717, 1.165) is 16.1 Å². The number of amides is 1. The second-order valence-corrected chi connectivity index (χ2v) is 8.42. The summed E-state index contributed by atoms with van der Waals surface area (Å²) < 4.78 is 12.5. The van der Waals surface area contributed by atoms with Crippen molar-refractivity contribution in [2.45, 2.75) is 13.5 Å². The third-order valence-electron chi connectivity index (χ3n) is 4.66. The molecule has 10 heteroatoms. The van der Waals surface area contributed by atoms with Crippen LogP contribution < -0.4 is 14.8 Å². The zero-order valence-electron chi connectivity index (χ0n) is 18.5. The number of nitro benzene ring substituents is 1. The Balaban J connectivity index is 1.80. The second-order valence-electron chi connectivity index (χ2n) is 7.10. The number of carbonyl (C=O) groups excluding carboxylic acids is 1. The summed E-state index contributed by atoms with van der Waals surface area (Å²) in [6.07, 6.45) is 1.38. The zero-order valence-corrected chi connectivity index (χ0v) is 20.8. The molecule has 0 aliphatic rings. The molecular formula is C25H19BrClN3O5. The fraction of sp³-hybridized carbons (Fsp3) is 0.120. The second kappa shape index (κ2) is 12.0. The Bertz CT molecular complexity index is 1320. The highest BCUT2D eigenvalue weighted by atomic mass is 79.9. The zero-order chi connectivity index (χ0) is 25.4. The summed E-state index contributed by atoms with van der Waals surface area (Å²) in [6.45, 7) is 2.55. The number of ether oxygens (including phenoxy) is 2. The van der Waals surface area contributed by atoms with Crippen LogP contribution in [-0.4, -0.2) is 17.4 Å². The highest BCUT2D eigenvalue weighted by Gasteiger charge is 2.16. The number of anilines is 1. The summed E-state index contributed by atoms with van der Waals surface area (Å²) >= 11 is 9.43. The number of nitrogens with zero attached hydrogens (tertiary/aromatic N) is 2. The van der Waals surface area contributed by atoms with Crippen LogP contribution in [0.15, 0.2) is 70.7 Å². The molecule has 0 saturated carbocycles. The van der Waals surface area contributed by atoms with Gasteiger partial charge in [0.15, 0.2) is 11.5 Å². The summed E-state index contributed by atoms with van der Waals surface area (Å²) in [7, 11) is 0. The van der Waals surface area contributed by atoms with Gasteiger partial charge in [-0.2, -0.15) is 5.26 Å². The quantitative estimate of drug-likeness (QED) is 0.139. The van der Waals surface area contributed by atoms with Crippen LogP contribution in [0.25, 0.3) is 6.08 Å². The van der Waals surface area contributed by atoms with Crippen molar-refractivity contribution < 1.29 is 19.2 Å². The molecule has 1 amide bonds. The fourth-order valence-electron chi connectivity index (χ4n) is 2.97. The number of hydrogen-bond donors (Lipinski definition) is 1. The van der Waals surface area contributed by atoms with Crippen LogP contribution in [0.3, 0.4) is 0 Å². The lowest BCUT2D eigenvalue weighted by molar-refractivity contribution is -0.384. The van der Waals surface area contributed by atoms with Crippen molar-refractivity contribution >= 4 is 50.9 Å². The molecule has 0 atom stereocenters. The third kappa shape index (κ3) is 7.06. The minimum Gasteiger partial charge on any atom is -0.490 e. The van der Waals surface area contributed by atoms with Crippen molar-refractivity contribution in [3.63, 3.8) is 0 Å². The maximum atomic E-state index is 12.7. The molecule has 3 aromatic rings. The Labute approximate surface area is 215 Å². The van der Waals surface area contributed by atoms with Crippen molar-refractivity contribution in [3.8, 4) is 17.6 Å². The molecule has 0 aliphatic carbocycles. The van der Waals surface area contributed by atoms with Crippen molar-refractivity contribution in [1.82, 2.24) is 0 Å². The van der Waals surface area contributed by atoms with Gasteiger partial charge < -0.3 is 14.8 Å². The van der Waals surface area contributed by atoms with Gasteiger partial charge in [0.05, 0.1) is 22.2 Å². The average molecular weight is 557 g/mol. The van der Waals surface area contributed by atoms with Gasteiger partial charge in [-0.25, -0.2) is 0 Å². The molecule has 3 aromatic carbocycles. The summed E-state index contributed by atoms with van der Waals surface area (Å²) in [5, 5.41) is 23.1. The van der Waals surface area contributed by atoms with Crippen LogP contribution in [0.5, 0.6) is 11.5 Å². The maximum absolute atomic E-state index is 12.7. The van der Waals surface area contributed by atoms with E-state index in [1.807, 2.05) is 37.3 Å². The number of nitriles is 1. The number of hydrogen-bond acceptors (Lipinski definition) is 6. The van der Waals surface area contributed by atoms with Gasteiger partial charge in [0, 0.05) is 16.6 Å². The van der Waals surface area contributed by atoms with Gasteiger partial charge in [-0.1, -0.05) is 45.7 Å². The number of halogens is 2. The smallest absolute Gasteiger partial charge is 0.271 e. The van der Waals surface area contributed by atoms with E-state index in [-0.39, 0.29) is 22.0 Å². The first-order chi connectivity index (χ1) is 16.8. The van der Waals surface area contributed by atoms with Crippen molar-refractivity contribution in [2.75, 3.05) is 11.9 Å². The third-order valence-corrected chi connectivity index (χ3v) is 5.52. The van der Waals surface area contributed by atoms with E-state index >= 15 is 0 Å². The van der Waals surface area contributed by atoms with Crippen LogP contribution in [0.1, 0.15) is 18.1 Å². The van der Waals surface area contributed by atoms with Crippen LogP contribution in [-0.2, 0) is 11.4 Å². The molecule has 0 radical (unpaired) electrons. The SMILES string of the molecule is CCOc1cc(/C=C(\C#N)C(=O)Nc2cc([N+](=O)[O-])ccc2Cl)ccc1OCc1ccc(Br)cc1. The lowest BCUT2D eigenvalue weighted by Crippen LogP contribution is -2.14. The van der Waals surface area contributed by atoms with Gasteiger partial charge in [-0.15, -0.1) is 0 Å². The molecule has 0 aromatic heterocycles. The normalized spacial score (nSPS) is 10.9. The molecule has 0 saturated heterocycles. The first kappa shape index (κ1) is 25.7. The number of benzene rings is 3. The molecule has 0 spiro atoms. The fourth-order valence-corrected chi connectivity index (χ4v) is 3.40. The highest BCUT2D eigenvalue weighted by molar-refractivity contribution is 9.10. The topological polar surface area (TPSA) is 114 Å². The Morgan fingerprint density at radius 2 is 1.89 bits per heavy atom. The molecule has 8 nitrogen and oxygen atoms in total. The molecule has 0 aliphatic heterocycles. The van der Waals surface area contributed by atoms with E-state index in [2.05, 4.69) is 21.2 Å². The molecule has 0 fully saturated rings. The highest BCUT2D eigenvalue weighted by Crippen LogP contribution is 2.31. The molecule has 0 heterocycles. The summed E-state index contributed by atoms with van der Waals surface area (Å²) in [5.41, 5.74) is 1.06. The van der Waals surface area contributed by atoms with Crippen molar-refractivity contribution in [1.29, 1.82) is 5.26 Å². The number of carbonyl (C=O) groups is 1. The van der Waals surface area contributed by atoms with Crippen molar-refractivity contribution in [2.24, 2.45) is 0 Å². The Kier molecular flexibility index (Phi) is 8.84. The summed E-state index contributed by atoms with van der Waals surface area (Å²) in [5.74, 6) is 0.208. The van der Waals surface area contributed by atoms with Crippen molar-refractivity contribution in [3.05, 3.63) is 97.0 Å². The molecule has 35 heavy (non-hydrogen) atoms. The number of non-ortho nitro benzene ring substituents is 1. The largest absolute Gasteiger partial charge is 0.490 e. The van der Waals surface area contributed by atoms with E-state index in [1.54, 1.807) is 18.2 Å².